The quantitative estimate of drug-likeness (QED) is 0.800. The molecule has 0 aliphatic carbocycles. The Labute approximate surface area is 83.2 Å². The Balaban J connectivity index is 2.42. The molecule has 0 fully saturated rings. The molecule has 0 saturated heterocycles. The van der Waals surface area contributed by atoms with Crippen LogP contribution in [0.25, 0.3) is 0 Å². The van der Waals surface area contributed by atoms with Crippen LogP contribution >= 0.6 is 11.3 Å². The minimum atomic E-state index is 0.266. The van der Waals surface area contributed by atoms with Gasteiger partial charge in [0.15, 0.2) is 0 Å². The van der Waals surface area contributed by atoms with Crippen LogP contribution in [0, 0.1) is 11.3 Å². The zero-order valence-electron chi connectivity index (χ0n) is 7.95. The maximum absolute atomic E-state index is 8.49. The standard InChI is InChI=1S/C10H14N2S/c1-8(5-6-11)12-9(2)10-4-3-7-13-10/h3-4,7-9,12H,5H2,1-2H3/t8?,9-/m1/s1. The molecule has 1 rings (SSSR count). The van der Waals surface area contributed by atoms with E-state index in [2.05, 4.69) is 29.8 Å². The number of nitrogens with one attached hydrogen (secondary N) is 1. The number of nitriles is 1. The Bertz CT molecular complexity index is 274. The van der Waals surface area contributed by atoms with Crippen molar-refractivity contribution < 1.29 is 0 Å². The van der Waals surface area contributed by atoms with Crippen molar-refractivity contribution in [1.82, 2.24) is 5.32 Å². The van der Waals surface area contributed by atoms with Crippen LogP contribution in [0.4, 0.5) is 0 Å². The topological polar surface area (TPSA) is 35.8 Å². The number of hydrogen-bond donors (Lipinski definition) is 1. The fourth-order valence-electron chi connectivity index (χ4n) is 1.24. The van der Waals surface area contributed by atoms with E-state index in [1.54, 1.807) is 11.3 Å². The summed E-state index contributed by atoms with van der Waals surface area (Å²) in [6.07, 6.45) is 0.565. The van der Waals surface area contributed by atoms with Gasteiger partial charge in [-0.3, -0.25) is 0 Å². The average molecular weight is 194 g/mol. The van der Waals surface area contributed by atoms with E-state index in [-0.39, 0.29) is 6.04 Å². The molecule has 0 amide bonds. The van der Waals surface area contributed by atoms with Crippen molar-refractivity contribution in [3.8, 4) is 6.07 Å². The van der Waals surface area contributed by atoms with Crippen LogP contribution in [-0.2, 0) is 0 Å². The third-order valence-electron chi connectivity index (χ3n) is 1.90. The molecular weight excluding hydrogens is 180 g/mol. The highest BCUT2D eigenvalue weighted by Crippen LogP contribution is 2.18. The predicted octanol–water partition coefficient (Wildman–Crippen LogP) is 2.70. The summed E-state index contributed by atoms with van der Waals surface area (Å²) in [6, 6.07) is 6.94. The van der Waals surface area contributed by atoms with Gasteiger partial charge in [-0.1, -0.05) is 6.07 Å². The molecule has 1 unspecified atom stereocenters. The number of rotatable bonds is 4. The largest absolute Gasteiger partial charge is 0.306 e. The van der Waals surface area contributed by atoms with E-state index in [9.17, 15) is 0 Å². The van der Waals surface area contributed by atoms with Gasteiger partial charge in [0.25, 0.3) is 0 Å². The lowest BCUT2D eigenvalue weighted by atomic mass is 10.2. The van der Waals surface area contributed by atoms with E-state index in [1.165, 1.54) is 4.88 Å². The second-order valence-electron chi connectivity index (χ2n) is 3.17. The summed E-state index contributed by atoms with van der Waals surface area (Å²) >= 11 is 1.75. The van der Waals surface area contributed by atoms with Crippen molar-refractivity contribution in [2.75, 3.05) is 0 Å². The van der Waals surface area contributed by atoms with Gasteiger partial charge in [-0.05, 0) is 25.3 Å². The Morgan fingerprint density at radius 3 is 2.92 bits per heavy atom. The highest BCUT2D eigenvalue weighted by Gasteiger charge is 2.09. The Hall–Kier alpha value is -0.850. The zero-order chi connectivity index (χ0) is 9.68. The fourth-order valence-corrected chi connectivity index (χ4v) is 1.99. The summed E-state index contributed by atoms with van der Waals surface area (Å²) in [4.78, 5) is 1.32. The van der Waals surface area contributed by atoms with Crippen molar-refractivity contribution in [2.45, 2.75) is 32.4 Å². The van der Waals surface area contributed by atoms with Gasteiger partial charge < -0.3 is 5.32 Å². The fraction of sp³-hybridized carbons (Fsp3) is 0.500. The summed E-state index contributed by atoms with van der Waals surface area (Å²) < 4.78 is 0. The molecule has 2 atom stereocenters. The molecule has 1 N–H and O–H groups in total. The molecular formula is C10H14N2S. The highest BCUT2D eigenvalue weighted by molar-refractivity contribution is 7.10. The molecule has 0 saturated carbocycles. The van der Waals surface area contributed by atoms with Gasteiger partial charge in [0.2, 0.25) is 0 Å². The van der Waals surface area contributed by atoms with Crippen LogP contribution in [0.1, 0.15) is 31.2 Å². The molecule has 0 aromatic carbocycles. The Kier molecular flexibility index (Phi) is 3.94. The van der Waals surface area contributed by atoms with Crippen molar-refractivity contribution in [3.05, 3.63) is 22.4 Å². The van der Waals surface area contributed by atoms with Crippen LogP contribution in [-0.4, -0.2) is 6.04 Å². The van der Waals surface area contributed by atoms with Crippen LogP contribution in [0.15, 0.2) is 17.5 Å². The Morgan fingerprint density at radius 1 is 1.62 bits per heavy atom. The van der Waals surface area contributed by atoms with Gasteiger partial charge in [0.05, 0.1) is 12.5 Å². The third-order valence-corrected chi connectivity index (χ3v) is 2.96. The van der Waals surface area contributed by atoms with Crippen LogP contribution in [0.3, 0.4) is 0 Å². The smallest absolute Gasteiger partial charge is 0.0638 e. The maximum atomic E-state index is 8.49. The molecule has 1 aromatic heterocycles. The van der Waals surface area contributed by atoms with E-state index in [0.717, 1.165) is 0 Å². The van der Waals surface area contributed by atoms with E-state index >= 15 is 0 Å². The lowest BCUT2D eigenvalue weighted by Crippen LogP contribution is -2.27. The summed E-state index contributed by atoms with van der Waals surface area (Å²) in [6.45, 7) is 4.16. The molecule has 0 aliphatic rings. The molecule has 70 valence electrons. The monoisotopic (exact) mass is 194 g/mol. The molecule has 0 radical (unpaired) electrons. The summed E-state index contributed by atoms with van der Waals surface area (Å²) in [5.74, 6) is 0. The lowest BCUT2D eigenvalue weighted by molar-refractivity contribution is 0.490. The van der Waals surface area contributed by atoms with Gasteiger partial charge >= 0.3 is 0 Å². The molecule has 0 bridgehead atoms. The SMILES string of the molecule is CC(CC#N)N[C@H](C)c1cccs1. The third kappa shape index (κ3) is 3.17. The first-order chi connectivity index (χ1) is 6.24. The minimum absolute atomic E-state index is 0.266. The molecule has 3 heteroatoms. The van der Waals surface area contributed by atoms with E-state index in [4.69, 9.17) is 5.26 Å². The van der Waals surface area contributed by atoms with Crippen molar-refractivity contribution in [3.63, 3.8) is 0 Å². The highest BCUT2D eigenvalue weighted by atomic mass is 32.1. The number of thiophene rings is 1. The maximum Gasteiger partial charge on any atom is 0.0638 e. The van der Waals surface area contributed by atoms with Gasteiger partial charge in [0.1, 0.15) is 0 Å². The van der Waals surface area contributed by atoms with Gasteiger partial charge in [-0.2, -0.15) is 5.26 Å². The van der Waals surface area contributed by atoms with Crippen LogP contribution in [0.2, 0.25) is 0 Å². The molecule has 13 heavy (non-hydrogen) atoms. The van der Waals surface area contributed by atoms with E-state index in [1.807, 2.05) is 13.0 Å². The van der Waals surface area contributed by atoms with Gasteiger partial charge in [0, 0.05) is 17.0 Å². The minimum Gasteiger partial charge on any atom is -0.306 e. The first-order valence-corrected chi connectivity index (χ1v) is 5.28. The molecule has 1 heterocycles. The average Bonchev–Trinajstić information content (AvgIpc) is 2.55. The van der Waals surface area contributed by atoms with Crippen molar-refractivity contribution >= 4 is 11.3 Å². The molecule has 0 aliphatic heterocycles. The second-order valence-corrected chi connectivity index (χ2v) is 4.15. The summed E-state index contributed by atoms with van der Waals surface area (Å²) in [5, 5.41) is 13.9. The summed E-state index contributed by atoms with van der Waals surface area (Å²) in [5.41, 5.74) is 0. The molecule has 1 aromatic rings. The van der Waals surface area contributed by atoms with Crippen LogP contribution < -0.4 is 5.32 Å². The van der Waals surface area contributed by atoms with E-state index in [0.29, 0.717) is 12.5 Å². The van der Waals surface area contributed by atoms with Crippen molar-refractivity contribution in [1.29, 1.82) is 5.26 Å². The second kappa shape index (κ2) is 5.00. The normalized spacial score (nSPS) is 14.8. The van der Waals surface area contributed by atoms with Gasteiger partial charge in [-0.15, -0.1) is 11.3 Å². The van der Waals surface area contributed by atoms with Gasteiger partial charge in [-0.25, -0.2) is 0 Å². The van der Waals surface area contributed by atoms with Crippen LogP contribution in [0.5, 0.6) is 0 Å². The van der Waals surface area contributed by atoms with Crippen molar-refractivity contribution in [2.24, 2.45) is 0 Å². The predicted molar refractivity (Wildman–Crippen MR) is 55.6 cm³/mol. The number of nitrogens with zero attached hydrogens (tertiary/aromatic N) is 1. The first-order valence-electron chi connectivity index (χ1n) is 4.40. The summed E-state index contributed by atoms with van der Waals surface area (Å²) in [7, 11) is 0. The first kappa shape index (κ1) is 10.2. The molecule has 2 nitrogen and oxygen atoms in total. The lowest BCUT2D eigenvalue weighted by Gasteiger charge is -2.16. The Morgan fingerprint density at radius 2 is 2.38 bits per heavy atom. The number of hydrogen-bond acceptors (Lipinski definition) is 3. The zero-order valence-corrected chi connectivity index (χ0v) is 8.77. The molecule has 0 spiro atoms. The van der Waals surface area contributed by atoms with E-state index < -0.39 is 0 Å².